The summed E-state index contributed by atoms with van der Waals surface area (Å²) in [6.07, 6.45) is 3.63. The highest BCUT2D eigenvalue weighted by molar-refractivity contribution is 5.75. The minimum absolute atomic E-state index is 0.0121. The Labute approximate surface area is 127 Å². The van der Waals surface area contributed by atoms with Gasteiger partial charge in [0.15, 0.2) is 0 Å². The summed E-state index contributed by atoms with van der Waals surface area (Å²) >= 11 is 0. The maximum atomic E-state index is 12.3. The van der Waals surface area contributed by atoms with Crippen molar-refractivity contribution in [2.24, 2.45) is 0 Å². The molecule has 1 unspecified atom stereocenters. The number of likely N-dealkylation sites (tertiary alicyclic amines) is 1. The zero-order valence-electron chi connectivity index (χ0n) is 13.0. The predicted octanol–water partition coefficient (Wildman–Crippen LogP) is 2.48. The second-order valence-electron chi connectivity index (χ2n) is 5.92. The molecule has 2 amide bonds. The van der Waals surface area contributed by atoms with E-state index in [9.17, 15) is 9.90 Å². The Kier molecular flexibility index (Phi) is 5.62. The summed E-state index contributed by atoms with van der Waals surface area (Å²) < 4.78 is 0. The van der Waals surface area contributed by atoms with Crippen molar-refractivity contribution >= 4 is 6.03 Å². The number of aryl methyl sites for hydroxylation is 1. The average Bonchev–Trinajstić information content (AvgIpc) is 2.97. The lowest BCUT2D eigenvalue weighted by atomic mass is 10.0. The van der Waals surface area contributed by atoms with Crippen LogP contribution in [0.25, 0.3) is 0 Å². The summed E-state index contributed by atoms with van der Waals surface area (Å²) in [5, 5.41) is 12.4. The molecule has 0 saturated carbocycles. The van der Waals surface area contributed by atoms with E-state index in [1.807, 2.05) is 0 Å². The lowest BCUT2D eigenvalue weighted by molar-refractivity contribution is 0.154. The maximum absolute atomic E-state index is 12.3. The monoisotopic (exact) mass is 290 g/mol. The fourth-order valence-electron chi connectivity index (χ4n) is 2.86. The summed E-state index contributed by atoms with van der Waals surface area (Å²) in [5.41, 5.74) is 2.49. The number of rotatable bonds is 5. The largest absolute Gasteiger partial charge is 0.394 e. The molecule has 2 atom stereocenters. The van der Waals surface area contributed by atoms with Gasteiger partial charge in [0.25, 0.3) is 0 Å². The Morgan fingerprint density at radius 1 is 1.43 bits per heavy atom. The van der Waals surface area contributed by atoms with E-state index in [4.69, 9.17) is 0 Å². The van der Waals surface area contributed by atoms with Crippen molar-refractivity contribution in [3.05, 3.63) is 35.4 Å². The number of nitrogens with one attached hydrogen (secondary N) is 1. The van der Waals surface area contributed by atoms with E-state index in [-0.39, 0.29) is 24.7 Å². The van der Waals surface area contributed by atoms with Gasteiger partial charge in [0.05, 0.1) is 12.6 Å². The van der Waals surface area contributed by atoms with Gasteiger partial charge in [-0.25, -0.2) is 4.79 Å². The van der Waals surface area contributed by atoms with Gasteiger partial charge in [0.2, 0.25) is 0 Å². The number of carbonyl (C=O) groups is 1. The van der Waals surface area contributed by atoms with Crippen LogP contribution in [0, 0.1) is 6.92 Å². The molecular weight excluding hydrogens is 264 g/mol. The second-order valence-corrected chi connectivity index (χ2v) is 5.92. The first-order chi connectivity index (χ1) is 10.1. The van der Waals surface area contributed by atoms with Crippen molar-refractivity contribution in [1.82, 2.24) is 10.2 Å². The van der Waals surface area contributed by atoms with Crippen LogP contribution in [-0.2, 0) is 6.42 Å². The molecule has 1 aromatic carbocycles. The molecule has 0 bridgehead atoms. The van der Waals surface area contributed by atoms with E-state index in [1.165, 1.54) is 11.1 Å². The molecule has 1 saturated heterocycles. The third-order valence-electron chi connectivity index (χ3n) is 4.27. The smallest absolute Gasteiger partial charge is 0.317 e. The number of hydrogen-bond donors (Lipinski definition) is 2. The molecule has 4 heteroatoms. The quantitative estimate of drug-likeness (QED) is 0.875. The van der Waals surface area contributed by atoms with Gasteiger partial charge in [-0.05, 0) is 38.2 Å². The van der Waals surface area contributed by atoms with Gasteiger partial charge < -0.3 is 15.3 Å². The number of nitrogens with zero attached hydrogens (tertiary/aromatic N) is 1. The third kappa shape index (κ3) is 4.21. The number of aliphatic hydroxyl groups excluding tert-OH is 1. The number of amides is 2. The molecule has 0 aliphatic carbocycles. The lowest BCUT2D eigenvalue weighted by Gasteiger charge is -2.26. The standard InChI is InChI=1S/C17H26N2O2/c1-3-15(11-14-8-6-13(2)7-9-14)18-17(21)19-10-4-5-16(19)12-20/h6-9,15-16,20H,3-5,10-12H2,1-2H3,(H,18,21)/t15?,16-/m0/s1. The van der Waals surface area contributed by atoms with E-state index < -0.39 is 0 Å². The first-order valence-electron chi connectivity index (χ1n) is 7.87. The molecular formula is C17H26N2O2. The minimum atomic E-state index is -0.0366. The lowest BCUT2D eigenvalue weighted by Crippen LogP contribution is -2.48. The number of carbonyl (C=O) groups excluding carboxylic acids is 1. The van der Waals surface area contributed by atoms with Crippen LogP contribution in [0.5, 0.6) is 0 Å². The average molecular weight is 290 g/mol. The van der Waals surface area contributed by atoms with Crippen molar-refractivity contribution < 1.29 is 9.90 Å². The molecule has 1 aliphatic heterocycles. The van der Waals surface area contributed by atoms with Gasteiger partial charge in [0.1, 0.15) is 0 Å². The Bertz CT molecular complexity index is 458. The van der Waals surface area contributed by atoms with Crippen LogP contribution in [-0.4, -0.2) is 41.3 Å². The number of urea groups is 1. The first kappa shape index (κ1) is 15.8. The molecule has 0 aromatic heterocycles. The molecule has 2 rings (SSSR count). The Morgan fingerprint density at radius 3 is 2.76 bits per heavy atom. The molecule has 4 nitrogen and oxygen atoms in total. The molecule has 0 spiro atoms. The Morgan fingerprint density at radius 2 is 2.14 bits per heavy atom. The Balaban J connectivity index is 1.92. The summed E-state index contributed by atoms with van der Waals surface area (Å²) in [7, 11) is 0. The van der Waals surface area contributed by atoms with Crippen LogP contribution in [0.4, 0.5) is 4.79 Å². The molecule has 0 radical (unpaired) electrons. The molecule has 21 heavy (non-hydrogen) atoms. The number of benzene rings is 1. The van der Waals surface area contributed by atoms with Gasteiger partial charge >= 0.3 is 6.03 Å². The van der Waals surface area contributed by atoms with Crippen LogP contribution in [0.2, 0.25) is 0 Å². The van der Waals surface area contributed by atoms with Gasteiger partial charge in [-0.15, -0.1) is 0 Å². The molecule has 1 heterocycles. The van der Waals surface area contributed by atoms with Crippen molar-refractivity contribution in [3.63, 3.8) is 0 Å². The van der Waals surface area contributed by atoms with E-state index in [0.717, 1.165) is 32.2 Å². The second kappa shape index (κ2) is 7.46. The highest BCUT2D eigenvalue weighted by atomic mass is 16.3. The topological polar surface area (TPSA) is 52.6 Å². The van der Waals surface area contributed by atoms with Gasteiger partial charge in [0, 0.05) is 12.6 Å². The van der Waals surface area contributed by atoms with Crippen molar-refractivity contribution in [2.75, 3.05) is 13.2 Å². The van der Waals surface area contributed by atoms with E-state index in [1.54, 1.807) is 4.90 Å². The van der Waals surface area contributed by atoms with Crippen LogP contribution >= 0.6 is 0 Å². The summed E-state index contributed by atoms with van der Waals surface area (Å²) in [4.78, 5) is 14.1. The van der Waals surface area contributed by atoms with Crippen molar-refractivity contribution in [3.8, 4) is 0 Å². The van der Waals surface area contributed by atoms with Crippen LogP contribution in [0.1, 0.15) is 37.3 Å². The van der Waals surface area contributed by atoms with E-state index >= 15 is 0 Å². The summed E-state index contributed by atoms with van der Waals surface area (Å²) in [6.45, 7) is 4.97. The maximum Gasteiger partial charge on any atom is 0.317 e. The molecule has 1 aromatic rings. The fourth-order valence-corrected chi connectivity index (χ4v) is 2.86. The number of aliphatic hydroxyl groups is 1. The van der Waals surface area contributed by atoms with Crippen LogP contribution in [0.3, 0.4) is 0 Å². The molecule has 116 valence electrons. The minimum Gasteiger partial charge on any atom is -0.394 e. The van der Waals surface area contributed by atoms with Gasteiger partial charge in [-0.1, -0.05) is 36.8 Å². The zero-order valence-corrected chi connectivity index (χ0v) is 13.0. The van der Waals surface area contributed by atoms with Crippen molar-refractivity contribution in [1.29, 1.82) is 0 Å². The molecule has 1 fully saturated rings. The summed E-state index contributed by atoms with van der Waals surface area (Å²) in [6, 6.07) is 8.54. The van der Waals surface area contributed by atoms with Gasteiger partial charge in [-0.2, -0.15) is 0 Å². The van der Waals surface area contributed by atoms with Gasteiger partial charge in [-0.3, -0.25) is 0 Å². The Hall–Kier alpha value is -1.55. The molecule has 1 aliphatic rings. The van der Waals surface area contributed by atoms with Crippen LogP contribution in [0.15, 0.2) is 24.3 Å². The zero-order chi connectivity index (χ0) is 15.2. The highest BCUT2D eigenvalue weighted by Gasteiger charge is 2.28. The van der Waals surface area contributed by atoms with Crippen LogP contribution < -0.4 is 5.32 Å². The van der Waals surface area contributed by atoms with Crippen molar-refractivity contribution in [2.45, 2.75) is 51.6 Å². The van der Waals surface area contributed by atoms with E-state index in [2.05, 4.69) is 43.4 Å². The predicted molar refractivity (Wildman–Crippen MR) is 84.3 cm³/mol. The normalized spacial score (nSPS) is 19.6. The highest BCUT2D eigenvalue weighted by Crippen LogP contribution is 2.17. The third-order valence-corrected chi connectivity index (χ3v) is 4.27. The molecule has 2 N–H and O–H groups in total. The number of hydrogen-bond acceptors (Lipinski definition) is 2. The first-order valence-corrected chi connectivity index (χ1v) is 7.87. The summed E-state index contributed by atoms with van der Waals surface area (Å²) in [5.74, 6) is 0. The SMILES string of the molecule is CCC(Cc1ccc(C)cc1)NC(=O)N1CCC[C@H]1CO. The van der Waals surface area contributed by atoms with E-state index in [0.29, 0.717) is 0 Å². The fraction of sp³-hybridized carbons (Fsp3) is 0.588.